The van der Waals surface area contributed by atoms with E-state index < -0.39 is 25.2 Å². The van der Waals surface area contributed by atoms with E-state index in [1.165, 1.54) is 26.4 Å². The third kappa shape index (κ3) is 6.94. The van der Waals surface area contributed by atoms with Gasteiger partial charge < -0.3 is 18.5 Å². The number of carbonyl (C=O) groups is 1. The number of hydrogen-bond donors (Lipinski definition) is 0. The van der Waals surface area contributed by atoms with Crippen LogP contribution in [0.1, 0.15) is 32.6 Å². The van der Waals surface area contributed by atoms with Crippen molar-refractivity contribution in [1.82, 2.24) is 0 Å². The molecular weight excluding hydrogens is 374 g/mol. The van der Waals surface area contributed by atoms with Crippen molar-refractivity contribution in [3.05, 3.63) is 29.0 Å². The van der Waals surface area contributed by atoms with Crippen LogP contribution in [0.2, 0.25) is 5.02 Å². The normalized spacial score (nSPS) is 12.7. The van der Waals surface area contributed by atoms with Crippen LogP contribution in [0.25, 0.3) is 0 Å². The summed E-state index contributed by atoms with van der Waals surface area (Å²) in [5, 5.41) is 0.274. The second-order valence-electron chi connectivity index (χ2n) is 5.16. The van der Waals surface area contributed by atoms with Gasteiger partial charge >= 0.3 is 13.6 Å². The maximum absolute atomic E-state index is 13.5. The number of esters is 1. The first-order valence-corrected chi connectivity index (χ1v) is 9.83. The lowest BCUT2D eigenvalue weighted by Crippen LogP contribution is -2.20. The van der Waals surface area contributed by atoms with E-state index in [1.54, 1.807) is 0 Å². The Morgan fingerprint density at radius 3 is 2.56 bits per heavy atom. The number of benzene rings is 1. The Bertz CT molecular complexity index is 604. The number of hydrogen-bond acceptors (Lipinski definition) is 6. The summed E-state index contributed by atoms with van der Waals surface area (Å²) >= 11 is 5.65. The van der Waals surface area contributed by atoms with Gasteiger partial charge in [0.1, 0.15) is 0 Å². The summed E-state index contributed by atoms with van der Waals surface area (Å²) < 4.78 is 46.2. The lowest BCUT2D eigenvalue weighted by molar-refractivity contribution is -0.146. The fourth-order valence-electron chi connectivity index (χ4n) is 2.04. The summed E-state index contributed by atoms with van der Waals surface area (Å²) in [6.45, 7) is 1.99. The van der Waals surface area contributed by atoms with Crippen molar-refractivity contribution in [3.8, 4) is 5.75 Å². The smallest absolute Gasteiger partial charge is 0.370 e. The zero-order valence-corrected chi connectivity index (χ0v) is 16.1. The molecule has 6 nitrogen and oxygen atoms in total. The fraction of sp³-hybridized carbons (Fsp3) is 0.562. The molecule has 1 aromatic rings. The van der Waals surface area contributed by atoms with Crippen molar-refractivity contribution >= 4 is 25.2 Å². The standard InChI is InChI=1S/C16H23ClFO6P/c1-4-6-16(25(20,21-2)22-3)24-15(19)7-5-10-23-14-9-8-12(17)11-13(14)18/h8-9,11,16H,4-7,10H2,1-3H3. The summed E-state index contributed by atoms with van der Waals surface area (Å²) in [6.07, 6.45) is 1.34. The van der Waals surface area contributed by atoms with Crippen LogP contribution in [0.5, 0.6) is 5.75 Å². The Kier molecular flexibility index (Phi) is 9.43. The Balaban J connectivity index is 2.46. The van der Waals surface area contributed by atoms with Crippen LogP contribution in [0, 0.1) is 5.82 Å². The van der Waals surface area contributed by atoms with Gasteiger partial charge in [0.15, 0.2) is 11.6 Å². The Hall–Kier alpha value is -1.14. The lowest BCUT2D eigenvalue weighted by Gasteiger charge is -2.23. The quantitative estimate of drug-likeness (QED) is 0.304. The SMILES string of the molecule is CCCC(OC(=O)CCCOc1ccc(Cl)cc1F)P(=O)(OC)OC. The number of halogens is 2. The molecule has 9 heteroatoms. The maximum atomic E-state index is 13.5. The fourth-order valence-corrected chi connectivity index (χ4v) is 3.64. The molecule has 0 heterocycles. The predicted molar refractivity (Wildman–Crippen MR) is 92.6 cm³/mol. The van der Waals surface area contributed by atoms with Crippen molar-refractivity contribution in [2.75, 3.05) is 20.8 Å². The molecule has 25 heavy (non-hydrogen) atoms. The van der Waals surface area contributed by atoms with Gasteiger partial charge in [-0.3, -0.25) is 9.36 Å². The first-order valence-electron chi connectivity index (χ1n) is 7.84. The number of ether oxygens (including phenoxy) is 2. The predicted octanol–water partition coefficient (Wildman–Crippen LogP) is 4.79. The van der Waals surface area contributed by atoms with Gasteiger partial charge in [0, 0.05) is 25.7 Å². The van der Waals surface area contributed by atoms with Gasteiger partial charge in [0.05, 0.1) is 6.61 Å². The second kappa shape index (κ2) is 10.8. The highest BCUT2D eigenvalue weighted by Crippen LogP contribution is 2.53. The van der Waals surface area contributed by atoms with Crippen LogP contribution >= 0.6 is 19.2 Å². The molecule has 0 fully saturated rings. The third-order valence-corrected chi connectivity index (χ3v) is 5.66. The van der Waals surface area contributed by atoms with Gasteiger partial charge in [0.2, 0.25) is 5.85 Å². The highest BCUT2D eigenvalue weighted by molar-refractivity contribution is 7.54. The molecule has 0 aromatic heterocycles. The van der Waals surface area contributed by atoms with Gasteiger partial charge in [-0.2, -0.15) is 0 Å². The Morgan fingerprint density at radius 1 is 1.32 bits per heavy atom. The van der Waals surface area contributed by atoms with E-state index in [0.717, 1.165) is 6.07 Å². The van der Waals surface area contributed by atoms with E-state index in [4.69, 9.17) is 30.1 Å². The van der Waals surface area contributed by atoms with Crippen LogP contribution < -0.4 is 4.74 Å². The summed E-state index contributed by atoms with van der Waals surface area (Å²) in [7, 11) is -1.01. The zero-order chi connectivity index (χ0) is 18.9. The summed E-state index contributed by atoms with van der Waals surface area (Å²) in [6, 6.07) is 4.07. The minimum atomic E-state index is -3.50. The molecule has 1 atom stereocenters. The van der Waals surface area contributed by atoms with Crippen molar-refractivity contribution in [3.63, 3.8) is 0 Å². The maximum Gasteiger partial charge on any atom is 0.370 e. The van der Waals surface area contributed by atoms with E-state index >= 15 is 0 Å². The second-order valence-corrected chi connectivity index (χ2v) is 7.99. The molecule has 0 amide bonds. The minimum absolute atomic E-state index is 0.0306. The molecule has 0 saturated heterocycles. The van der Waals surface area contributed by atoms with Crippen molar-refractivity contribution < 1.29 is 32.3 Å². The van der Waals surface area contributed by atoms with Crippen molar-refractivity contribution in [1.29, 1.82) is 0 Å². The third-order valence-electron chi connectivity index (χ3n) is 3.34. The van der Waals surface area contributed by atoms with E-state index in [9.17, 15) is 13.8 Å². The topological polar surface area (TPSA) is 71.1 Å². The van der Waals surface area contributed by atoms with Gasteiger partial charge in [-0.25, -0.2) is 4.39 Å². The van der Waals surface area contributed by atoms with Crippen LogP contribution in [-0.2, 0) is 23.1 Å². The molecule has 1 aromatic carbocycles. The summed E-state index contributed by atoms with van der Waals surface area (Å²) in [5.41, 5.74) is 0. The highest BCUT2D eigenvalue weighted by atomic mass is 35.5. The molecule has 0 N–H and O–H groups in total. The van der Waals surface area contributed by atoms with Crippen LogP contribution in [0.4, 0.5) is 4.39 Å². The van der Waals surface area contributed by atoms with E-state index in [1.807, 2.05) is 6.92 Å². The largest absolute Gasteiger partial charge is 0.491 e. The summed E-state index contributed by atoms with van der Waals surface area (Å²) in [4.78, 5) is 11.9. The van der Waals surface area contributed by atoms with Gasteiger partial charge in [0.25, 0.3) is 0 Å². The average Bonchev–Trinajstić information content (AvgIpc) is 2.59. The minimum Gasteiger partial charge on any atom is -0.491 e. The molecule has 0 radical (unpaired) electrons. The molecule has 0 aliphatic carbocycles. The van der Waals surface area contributed by atoms with Crippen LogP contribution in [-0.4, -0.2) is 32.6 Å². The monoisotopic (exact) mass is 396 g/mol. The molecule has 0 aliphatic rings. The Labute approximate surface area is 152 Å². The molecule has 142 valence electrons. The van der Waals surface area contributed by atoms with E-state index in [-0.39, 0.29) is 23.8 Å². The zero-order valence-electron chi connectivity index (χ0n) is 14.5. The van der Waals surface area contributed by atoms with E-state index in [2.05, 4.69) is 0 Å². The number of carbonyl (C=O) groups excluding carboxylic acids is 1. The van der Waals surface area contributed by atoms with Gasteiger partial charge in [-0.15, -0.1) is 0 Å². The number of rotatable bonds is 11. The molecule has 0 saturated carbocycles. The summed E-state index contributed by atoms with van der Waals surface area (Å²) in [5.74, 6) is -2.01. The molecule has 1 rings (SSSR count). The first-order chi connectivity index (χ1) is 11.9. The molecular formula is C16H23ClFO6P. The van der Waals surface area contributed by atoms with Crippen LogP contribution in [0.15, 0.2) is 18.2 Å². The van der Waals surface area contributed by atoms with Crippen molar-refractivity contribution in [2.45, 2.75) is 38.5 Å². The Morgan fingerprint density at radius 2 is 2.00 bits per heavy atom. The molecule has 0 spiro atoms. The molecule has 0 bridgehead atoms. The van der Waals surface area contributed by atoms with Gasteiger partial charge in [-0.1, -0.05) is 24.9 Å². The molecule has 1 unspecified atom stereocenters. The first kappa shape index (κ1) is 21.9. The lowest BCUT2D eigenvalue weighted by atomic mass is 10.3. The van der Waals surface area contributed by atoms with E-state index in [0.29, 0.717) is 19.3 Å². The average molecular weight is 397 g/mol. The van der Waals surface area contributed by atoms with Crippen molar-refractivity contribution in [2.24, 2.45) is 0 Å². The van der Waals surface area contributed by atoms with Gasteiger partial charge in [-0.05, 0) is 31.0 Å². The van der Waals surface area contributed by atoms with Crippen LogP contribution in [0.3, 0.4) is 0 Å². The highest BCUT2D eigenvalue weighted by Gasteiger charge is 2.36. The molecule has 0 aliphatic heterocycles.